The van der Waals surface area contributed by atoms with Gasteiger partial charge in [-0.15, -0.1) is 0 Å². The van der Waals surface area contributed by atoms with Gasteiger partial charge in [-0.2, -0.15) is 0 Å². The second-order valence-corrected chi connectivity index (χ2v) is 16.1. The van der Waals surface area contributed by atoms with Crippen molar-refractivity contribution in [1.82, 2.24) is 9.97 Å². The molecule has 0 radical (unpaired) electrons. The number of para-hydroxylation sites is 2. The summed E-state index contributed by atoms with van der Waals surface area (Å²) in [5.74, 6) is 3.19. The third kappa shape index (κ3) is 3.15. The van der Waals surface area contributed by atoms with E-state index in [0.29, 0.717) is 47.0 Å². The zero-order chi connectivity index (χ0) is 27.6. The lowest BCUT2D eigenvalue weighted by molar-refractivity contribution is -0.228. The quantitative estimate of drug-likeness (QED) is 0.400. The molecule has 0 unspecified atom stereocenters. The van der Waals surface area contributed by atoms with Gasteiger partial charge < -0.3 is 5.11 Å². The van der Waals surface area contributed by atoms with Gasteiger partial charge in [-0.05, 0) is 128 Å². The van der Waals surface area contributed by atoms with Gasteiger partial charge in [-0.25, -0.2) is 9.97 Å². The van der Waals surface area contributed by atoms with Crippen LogP contribution in [0, 0.1) is 51.2 Å². The van der Waals surface area contributed by atoms with E-state index in [2.05, 4.69) is 72.4 Å². The van der Waals surface area contributed by atoms with Crippen molar-refractivity contribution in [2.24, 2.45) is 51.2 Å². The lowest BCUT2D eigenvalue weighted by Gasteiger charge is -2.72. The first-order valence-electron chi connectivity index (χ1n) is 15.9. The highest BCUT2D eigenvalue weighted by molar-refractivity contribution is 5.74. The monoisotopic (exact) mass is 526 g/mol. The number of aromatic nitrogens is 2. The molecule has 0 amide bonds. The first-order chi connectivity index (χ1) is 18.4. The van der Waals surface area contributed by atoms with E-state index in [4.69, 9.17) is 9.97 Å². The number of fused-ring (bicyclic) bond motifs is 9. The van der Waals surface area contributed by atoms with Crippen molar-refractivity contribution in [1.29, 1.82) is 0 Å². The Balaban J connectivity index is 1.32. The molecule has 0 aliphatic heterocycles. The predicted octanol–water partition coefficient (Wildman–Crippen LogP) is 8.29. The van der Waals surface area contributed by atoms with Crippen LogP contribution < -0.4 is 0 Å². The fourth-order valence-corrected chi connectivity index (χ4v) is 12.6. The van der Waals surface area contributed by atoms with E-state index in [9.17, 15) is 5.11 Å². The molecule has 4 fully saturated rings. The van der Waals surface area contributed by atoms with Crippen LogP contribution in [-0.4, -0.2) is 21.7 Å². The Labute approximate surface area is 236 Å². The Morgan fingerprint density at radius 1 is 0.872 bits per heavy atom. The van der Waals surface area contributed by atoms with Gasteiger partial charge in [0.1, 0.15) is 0 Å². The van der Waals surface area contributed by atoms with E-state index in [1.807, 2.05) is 0 Å². The largest absolute Gasteiger partial charge is 0.396 e. The topological polar surface area (TPSA) is 46.0 Å². The van der Waals surface area contributed by atoms with Gasteiger partial charge in [-0.3, -0.25) is 0 Å². The molecular weight excluding hydrogens is 476 g/mol. The summed E-state index contributed by atoms with van der Waals surface area (Å²) in [6.07, 6.45) is 11.2. The van der Waals surface area contributed by atoms with Crippen molar-refractivity contribution in [3.63, 3.8) is 0 Å². The lowest BCUT2D eigenvalue weighted by atomic mass is 9.32. The second-order valence-electron chi connectivity index (χ2n) is 16.1. The average Bonchev–Trinajstić information content (AvgIpc) is 3.28. The van der Waals surface area contributed by atoms with Crippen LogP contribution in [0.1, 0.15) is 104 Å². The van der Waals surface area contributed by atoms with E-state index in [1.165, 1.54) is 68.3 Å². The van der Waals surface area contributed by atoms with Gasteiger partial charge in [0, 0.05) is 12.0 Å². The first kappa shape index (κ1) is 26.2. The molecule has 3 heteroatoms. The van der Waals surface area contributed by atoms with Crippen LogP contribution >= 0.6 is 0 Å². The van der Waals surface area contributed by atoms with E-state index in [0.717, 1.165) is 17.5 Å². The van der Waals surface area contributed by atoms with Crippen molar-refractivity contribution in [2.45, 2.75) is 105 Å². The van der Waals surface area contributed by atoms with Crippen molar-refractivity contribution in [2.75, 3.05) is 6.61 Å². The van der Waals surface area contributed by atoms with Crippen LogP contribution in [-0.2, 0) is 11.8 Å². The molecule has 0 bridgehead atoms. The zero-order valence-corrected chi connectivity index (χ0v) is 25.3. The fraction of sp³-hybridized carbons (Fsp3) is 0.722. The molecule has 210 valence electrons. The molecule has 0 saturated heterocycles. The average molecular weight is 527 g/mol. The Morgan fingerprint density at radius 3 is 2.28 bits per heavy atom. The molecule has 9 atom stereocenters. The normalized spacial score (nSPS) is 46.0. The van der Waals surface area contributed by atoms with E-state index in [-0.39, 0.29) is 16.2 Å². The lowest BCUT2D eigenvalue weighted by Crippen LogP contribution is -2.66. The van der Waals surface area contributed by atoms with Crippen molar-refractivity contribution in [3.05, 3.63) is 47.8 Å². The number of benzene rings is 1. The molecule has 1 heterocycles. The predicted molar refractivity (Wildman–Crippen MR) is 159 cm³/mol. The number of aliphatic hydroxyl groups excluding tert-OH is 1. The number of allylic oxidation sites excluding steroid dienone is 1. The van der Waals surface area contributed by atoms with Crippen molar-refractivity contribution in [3.8, 4) is 0 Å². The van der Waals surface area contributed by atoms with Crippen LogP contribution in [0.25, 0.3) is 11.0 Å². The Kier molecular flexibility index (Phi) is 5.49. The van der Waals surface area contributed by atoms with Crippen LogP contribution in [0.4, 0.5) is 0 Å². The van der Waals surface area contributed by atoms with E-state index >= 15 is 0 Å². The van der Waals surface area contributed by atoms with Gasteiger partial charge in [0.25, 0.3) is 0 Å². The van der Waals surface area contributed by atoms with Gasteiger partial charge >= 0.3 is 0 Å². The third-order valence-corrected chi connectivity index (χ3v) is 14.5. The molecule has 1 aromatic heterocycles. The molecule has 5 aliphatic carbocycles. The Morgan fingerprint density at radius 2 is 1.59 bits per heavy atom. The summed E-state index contributed by atoms with van der Waals surface area (Å²) in [5.41, 5.74) is 6.95. The molecule has 4 saturated carbocycles. The Bertz CT molecular complexity index is 1350. The van der Waals surface area contributed by atoms with Gasteiger partial charge in [0.2, 0.25) is 0 Å². The van der Waals surface area contributed by atoms with E-state index in [1.54, 1.807) is 0 Å². The highest BCUT2D eigenvalue weighted by Gasteiger charge is 2.70. The maximum atomic E-state index is 10.8. The standard InChI is InChI=1S/C36H50N2O/c1-22(2)23-14-17-36(21-39)19-18-34(6)24(30(23)36)12-13-29-33(5)20-27-31(38-26-11-9-8-10-25(26)37-27)32(3,4)28(33)15-16-35(29,34)7/h8-11,23-24,28-30,39H,1,12-21H2,2-7H3/t23-,24+,28-,29+,30+,33-,34+,35+,36+/m0/s1. The smallest absolute Gasteiger partial charge is 0.0890 e. The fourth-order valence-electron chi connectivity index (χ4n) is 12.6. The summed E-state index contributed by atoms with van der Waals surface area (Å²) in [5, 5.41) is 10.8. The van der Waals surface area contributed by atoms with E-state index < -0.39 is 0 Å². The van der Waals surface area contributed by atoms with Gasteiger partial charge in [-0.1, -0.05) is 58.9 Å². The molecule has 2 aromatic rings. The highest BCUT2D eigenvalue weighted by Crippen LogP contribution is 2.77. The minimum absolute atomic E-state index is 0.0214. The third-order valence-electron chi connectivity index (χ3n) is 14.5. The minimum atomic E-state index is 0.0214. The van der Waals surface area contributed by atoms with Crippen LogP contribution in [0.15, 0.2) is 36.4 Å². The molecule has 3 nitrogen and oxygen atoms in total. The minimum Gasteiger partial charge on any atom is -0.396 e. The summed E-state index contributed by atoms with van der Waals surface area (Å²) in [6.45, 7) is 20.1. The maximum absolute atomic E-state index is 10.8. The van der Waals surface area contributed by atoms with Crippen molar-refractivity contribution < 1.29 is 5.11 Å². The van der Waals surface area contributed by atoms with Crippen LogP contribution in [0.5, 0.6) is 0 Å². The molecule has 5 aliphatic rings. The summed E-state index contributed by atoms with van der Waals surface area (Å²) < 4.78 is 0. The molecule has 1 aromatic carbocycles. The Hall–Kier alpha value is -1.74. The van der Waals surface area contributed by atoms with Crippen LogP contribution in [0.2, 0.25) is 0 Å². The number of aliphatic hydroxyl groups is 1. The highest BCUT2D eigenvalue weighted by atomic mass is 16.3. The molecule has 0 spiro atoms. The van der Waals surface area contributed by atoms with Crippen LogP contribution in [0.3, 0.4) is 0 Å². The zero-order valence-electron chi connectivity index (χ0n) is 25.3. The van der Waals surface area contributed by atoms with Crippen molar-refractivity contribution >= 4 is 11.0 Å². The molecule has 1 N–H and O–H groups in total. The summed E-state index contributed by atoms with van der Waals surface area (Å²) in [6, 6.07) is 8.45. The number of rotatable bonds is 2. The van der Waals surface area contributed by atoms with Gasteiger partial charge in [0.05, 0.1) is 22.4 Å². The summed E-state index contributed by atoms with van der Waals surface area (Å²) >= 11 is 0. The summed E-state index contributed by atoms with van der Waals surface area (Å²) in [4.78, 5) is 10.6. The second kappa shape index (κ2) is 8.17. The summed E-state index contributed by atoms with van der Waals surface area (Å²) in [7, 11) is 0. The molecule has 39 heavy (non-hydrogen) atoms. The first-order valence-corrected chi connectivity index (χ1v) is 15.9. The number of hydrogen-bond donors (Lipinski definition) is 1. The SMILES string of the molecule is C=C(C)[C@@H]1CC[C@]2(CO)CC[C@]3(C)[C@H](CC[C@@H]4[C@@]5(C)Cc6nc7ccccc7nc6C(C)(C)[C@@H]5CC[C@]43C)[C@@H]12. The molecule has 7 rings (SSSR count). The number of hydrogen-bond acceptors (Lipinski definition) is 3. The maximum Gasteiger partial charge on any atom is 0.0890 e. The van der Waals surface area contributed by atoms with Gasteiger partial charge in [0.15, 0.2) is 0 Å². The molecular formula is C36H50N2O. The number of nitrogens with zero attached hydrogens (tertiary/aromatic N) is 2.